The predicted octanol–water partition coefficient (Wildman–Crippen LogP) is 3.33. The standard InChI is InChI=1S/C14H12FN3/c1-9-4-11(17)7-12(5-9)18-14-3-2-10(8-16)6-13(14)15/h2-7,18H,17H2,1H3. The number of nitrogens with one attached hydrogen (secondary N) is 1. The SMILES string of the molecule is Cc1cc(N)cc(Nc2ccc(C#N)cc2F)c1. The number of anilines is 3. The zero-order valence-corrected chi connectivity index (χ0v) is 9.87. The van der Waals surface area contributed by atoms with Gasteiger partial charge in [-0.3, -0.25) is 0 Å². The molecule has 0 saturated heterocycles. The van der Waals surface area contributed by atoms with Crippen molar-refractivity contribution in [3.8, 4) is 6.07 Å². The molecule has 0 fully saturated rings. The third kappa shape index (κ3) is 2.58. The van der Waals surface area contributed by atoms with Gasteiger partial charge in [0.25, 0.3) is 0 Å². The fourth-order valence-electron chi connectivity index (χ4n) is 1.73. The Morgan fingerprint density at radius 3 is 2.61 bits per heavy atom. The van der Waals surface area contributed by atoms with Crippen molar-refractivity contribution in [2.24, 2.45) is 0 Å². The lowest BCUT2D eigenvalue weighted by molar-refractivity contribution is 0.631. The molecule has 0 heterocycles. The summed E-state index contributed by atoms with van der Waals surface area (Å²) in [7, 11) is 0. The average molecular weight is 241 g/mol. The van der Waals surface area contributed by atoms with Crippen LogP contribution in [0.25, 0.3) is 0 Å². The molecule has 3 nitrogen and oxygen atoms in total. The first-order valence-corrected chi connectivity index (χ1v) is 5.42. The summed E-state index contributed by atoms with van der Waals surface area (Å²) in [5.74, 6) is -0.464. The number of hydrogen-bond acceptors (Lipinski definition) is 3. The maximum Gasteiger partial charge on any atom is 0.147 e. The minimum Gasteiger partial charge on any atom is -0.399 e. The third-order valence-electron chi connectivity index (χ3n) is 2.48. The molecule has 0 saturated carbocycles. The van der Waals surface area contributed by atoms with E-state index in [9.17, 15) is 4.39 Å². The smallest absolute Gasteiger partial charge is 0.147 e. The summed E-state index contributed by atoms with van der Waals surface area (Å²) in [6.07, 6.45) is 0. The first-order valence-electron chi connectivity index (χ1n) is 5.42. The van der Waals surface area contributed by atoms with E-state index in [0.29, 0.717) is 16.9 Å². The van der Waals surface area contributed by atoms with Gasteiger partial charge in [0.05, 0.1) is 17.3 Å². The molecule has 2 aromatic rings. The lowest BCUT2D eigenvalue weighted by Crippen LogP contribution is -1.96. The molecule has 90 valence electrons. The highest BCUT2D eigenvalue weighted by Crippen LogP contribution is 2.23. The second-order valence-electron chi connectivity index (χ2n) is 4.06. The lowest BCUT2D eigenvalue weighted by atomic mass is 10.1. The summed E-state index contributed by atoms with van der Waals surface area (Å²) in [6.45, 7) is 1.91. The summed E-state index contributed by atoms with van der Waals surface area (Å²) >= 11 is 0. The van der Waals surface area contributed by atoms with Gasteiger partial charge in [0.1, 0.15) is 5.82 Å². The molecule has 0 amide bonds. The third-order valence-corrected chi connectivity index (χ3v) is 2.48. The number of benzene rings is 2. The largest absolute Gasteiger partial charge is 0.399 e. The Bertz CT molecular complexity index is 609. The van der Waals surface area contributed by atoms with Gasteiger partial charge in [-0.25, -0.2) is 4.39 Å². The average Bonchev–Trinajstić information content (AvgIpc) is 2.30. The molecule has 3 N–H and O–H groups in total. The minimum absolute atomic E-state index is 0.293. The van der Waals surface area contributed by atoms with Crippen molar-refractivity contribution in [2.45, 2.75) is 6.92 Å². The van der Waals surface area contributed by atoms with Crippen LogP contribution in [0, 0.1) is 24.1 Å². The maximum absolute atomic E-state index is 13.7. The Morgan fingerprint density at radius 2 is 2.00 bits per heavy atom. The molecule has 0 aliphatic rings. The predicted molar refractivity (Wildman–Crippen MR) is 70.0 cm³/mol. The van der Waals surface area contributed by atoms with Crippen LogP contribution in [-0.2, 0) is 0 Å². The molecule has 0 aliphatic heterocycles. The Hall–Kier alpha value is -2.54. The second kappa shape index (κ2) is 4.76. The molecule has 18 heavy (non-hydrogen) atoms. The summed E-state index contributed by atoms with van der Waals surface area (Å²) in [6, 6.07) is 11.6. The minimum atomic E-state index is -0.464. The Kier molecular flexibility index (Phi) is 3.16. The number of nitrogens with zero attached hydrogens (tertiary/aromatic N) is 1. The molecule has 0 bridgehead atoms. The van der Waals surface area contributed by atoms with Gasteiger partial charge in [0, 0.05) is 11.4 Å². The quantitative estimate of drug-likeness (QED) is 0.793. The Balaban J connectivity index is 2.31. The van der Waals surface area contributed by atoms with Crippen LogP contribution in [0.4, 0.5) is 21.5 Å². The van der Waals surface area contributed by atoms with Crippen molar-refractivity contribution in [3.63, 3.8) is 0 Å². The Morgan fingerprint density at radius 1 is 1.22 bits per heavy atom. The molecule has 0 spiro atoms. The highest BCUT2D eigenvalue weighted by Gasteiger charge is 2.04. The van der Waals surface area contributed by atoms with Gasteiger partial charge in [-0.1, -0.05) is 0 Å². The molecule has 0 radical (unpaired) electrons. The zero-order chi connectivity index (χ0) is 13.1. The molecule has 2 aromatic carbocycles. The summed E-state index contributed by atoms with van der Waals surface area (Å²) in [4.78, 5) is 0. The topological polar surface area (TPSA) is 61.8 Å². The van der Waals surface area contributed by atoms with E-state index < -0.39 is 5.82 Å². The van der Waals surface area contributed by atoms with Crippen LogP contribution in [0.1, 0.15) is 11.1 Å². The van der Waals surface area contributed by atoms with E-state index in [1.54, 1.807) is 12.1 Å². The molecule has 0 aromatic heterocycles. The number of hydrogen-bond donors (Lipinski definition) is 2. The van der Waals surface area contributed by atoms with Crippen molar-refractivity contribution in [1.82, 2.24) is 0 Å². The van der Waals surface area contributed by atoms with Gasteiger partial charge >= 0.3 is 0 Å². The number of nitrogen functional groups attached to an aromatic ring is 1. The zero-order valence-electron chi connectivity index (χ0n) is 9.87. The lowest BCUT2D eigenvalue weighted by Gasteiger charge is -2.09. The van der Waals surface area contributed by atoms with Gasteiger partial charge in [-0.15, -0.1) is 0 Å². The molecule has 0 atom stereocenters. The van der Waals surface area contributed by atoms with Crippen LogP contribution < -0.4 is 11.1 Å². The van der Waals surface area contributed by atoms with E-state index in [4.69, 9.17) is 11.0 Å². The van der Waals surface area contributed by atoms with Crippen LogP contribution in [-0.4, -0.2) is 0 Å². The number of rotatable bonds is 2. The first kappa shape index (κ1) is 11.9. The van der Waals surface area contributed by atoms with Crippen molar-refractivity contribution in [3.05, 3.63) is 53.3 Å². The number of nitrogens with two attached hydrogens (primary N) is 1. The number of nitriles is 1. The molecule has 2 rings (SSSR count). The maximum atomic E-state index is 13.7. The summed E-state index contributed by atoms with van der Waals surface area (Å²) < 4.78 is 13.7. The van der Waals surface area contributed by atoms with Gasteiger partial charge in [0.15, 0.2) is 0 Å². The number of halogens is 1. The van der Waals surface area contributed by atoms with E-state index in [1.165, 1.54) is 12.1 Å². The molecular weight excluding hydrogens is 229 g/mol. The van der Waals surface area contributed by atoms with Gasteiger partial charge in [-0.2, -0.15) is 5.26 Å². The van der Waals surface area contributed by atoms with E-state index in [2.05, 4.69) is 5.32 Å². The van der Waals surface area contributed by atoms with Crippen LogP contribution in [0.5, 0.6) is 0 Å². The molecular formula is C14H12FN3. The number of aryl methyl sites for hydroxylation is 1. The van der Waals surface area contributed by atoms with Gasteiger partial charge in [-0.05, 0) is 48.9 Å². The summed E-state index contributed by atoms with van der Waals surface area (Å²) in [5.41, 5.74) is 8.66. The van der Waals surface area contributed by atoms with Crippen molar-refractivity contribution in [1.29, 1.82) is 5.26 Å². The van der Waals surface area contributed by atoms with Crippen molar-refractivity contribution in [2.75, 3.05) is 11.1 Å². The van der Waals surface area contributed by atoms with E-state index in [0.717, 1.165) is 11.3 Å². The Labute approximate surface area is 105 Å². The van der Waals surface area contributed by atoms with E-state index >= 15 is 0 Å². The van der Waals surface area contributed by atoms with Crippen molar-refractivity contribution >= 4 is 17.1 Å². The van der Waals surface area contributed by atoms with Crippen molar-refractivity contribution < 1.29 is 4.39 Å². The highest BCUT2D eigenvalue weighted by molar-refractivity contribution is 5.65. The molecule has 0 aliphatic carbocycles. The monoisotopic (exact) mass is 241 g/mol. The fourth-order valence-corrected chi connectivity index (χ4v) is 1.73. The first-order chi connectivity index (χ1) is 8.58. The fraction of sp³-hybridized carbons (Fsp3) is 0.0714. The van der Waals surface area contributed by atoms with Crippen LogP contribution in [0.2, 0.25) is 0 Å². The van der Waals surface area contributed by atoms with Crippen LogP contribution in [0.15, 0.2) is 36.4 Å². The van der Waals surface area contributed by atoms with Crippen LogP contribution in [0.3, 0.4) is 0 Å². The van der Waals surface area contributed by atoms with E-state index in [-0.39, 0.29) is 0 Å². The van der Waals surface area contributed by atoms with Crippen LogP contribution >= 0.6 is 0 Å². The highest BCUT2D eigenvalue weighted by atomic mass is 19.1. The van der Waals surface area contributed by atoms with Gasteiger partial charge < -0.3 is 11.1 Å². The normalized spacial score (nSPS) is 9.83. The second-order valence-corrected chi connectivity index (χ2v) is 4.06. The molecule has 0 unspecified atom stereocenters. The van der Waals surface area contributed by atoms with Gasteiger partial charge in [0.2, 0.25) is 0 Å². The van der Waals surface area contributed by atoms with E-state index in [1.807, 2.05) is 25.1 Å². The molecule has 4 heteroatoms. The summed E-state index contributed by atoms with van der Waals surface area (Å²) in [5, 5.41) is 11.6.